The van der Waals surface area contributed by atoms with Crippen LogP contribution in [0.3, 0.4) is 0 Å². The zero-order valence-corrected chi connectivity index (χ0v) is 17.7. The highest BCUT2D eigenvalue weighted by Crippen LogP contribution is 2.41. The standard InChI is InChI=1S/C21H25N3O2S2/c1-13(25)10-15-11-26-8-7-24(15)20-18-16-4-2-3-5-17(16)28-21(18)23-19(22-20)14-6-9-27-12-14/h6,9,12-13,15,25H,2-5,7-8,10-11H2,1H3. The Balaban J connectivity index is 1.69. The van der Waals surface area contributed by atoms with E-state index in [2.05, 4.69) is 21.7 Å². The number of nitrogens with zero attached hydrogens (tertiary/aromatic N) is 3. The molecule has 2 unspecified atom stereocenters. The highest BCUT2D eigenvalue weighted by Gasteiger charge is 2.30. The van der Waals surface area contributed by atoms with Crippen LogP contribution in [-0.2, 0) is 17.6 Å². The lowest BCUT2D eigenvalue weighted by Gasteiger charge is -2.37. The van der Waals surface area contributed by atoms with Gasteiger partial charge < -0.3 is 14.7 Å². The normalized spacial score (nSPS) is 21.1. The average molecular weight is 416 g/mol. The molecule has 2 aliphatic rings. The molecule has 7 heteroatoms. The lowest BCUT2D eigenvalue weighted by atomic mass is 9.96. The summed E-state index contributed by atoms with van der Waals surface area (Å²) in [4.78, 5) is 15.0. The summed E-state index contributed by atoms with van der Waals surface area (Å²) in [6.07, 6.45) is 5.11. The van der Waals surface area contributed by atoms with Crippen LogP contribution in [0, 0.1) is 0 Å². The molecule has 0 amide bonds. The molecule has 0 bridgehead atoms. The second-order valence-electron chi connectivity index (χ2n) is 7.78. The number of anilines is 1. The first-order valence-corrected chi connectivity index (χ1v) is 11.8. The molecule has 0 aromatic carbocycles. The molecule has 1 fully saturated rings. The Kier molecular flexibility index (Phi) is 5.09. The van der Waals surface area contributed by atoms with Crippen molar-refractivity contribution in [2.75, 3.05) is 24.7 Å². The van der Waals surface area contributed by atoms with E-state index in [1.54, 1.807) is 11.3 Å². The Morgan fingerprint density at radius 3 is 3.04 bits per heavy atom. The number of aliphatic hydroxyl groups excluding tert-OH is 1. The smallest absolute Gasteiger partial charge is 0.163 e. The van der Waals surface area contributed by atoms with Crippen LogP contribution in [0.2, 0.25) is 0 Å². The van der Waals surface area contributed by atoms with Gasteiger partial charge in [0.2, 0.25) is 0 Å². The predicted molar refractivity (Wildman–Crippen MR) is 116 cm³/mol. The molecular weight excluding hydrogens is 390 g/mol. The minimum Gasteiger partial charge on any atom is -0.393 e. The van der Waals surface area contributed by atoms with E-state index in [4.69, 9.17) is 14.7 Å². The van der Waals surface area contributed by atoms with Crippen molar-refractivity contribution in [2.24, 2.45) is 0 Å². The molecule has 3 aromatic heterocycles. The summed E-state index contributed by atoms with van der Waals surface area (Å²) in [5, 5.41) is 15.5. The Morgan fingerprint density at radius 1 is 1.32 bits per heavy atom. The number of rotatable bonds is 4. The van der Waals surface area contributed by atoms with Crippen molar-refractivity contribution < 1.29 is 9.84 Å². The van der Waals surface area contributed by atoms with Gasteiger partial charge in [-0.05, 0) is 56.0 Å². The molecule has 0 radical (unpaired) electrons. The van der Waals surface area contributed by atoms with E-state index in [-0.39, 0.29) is 12.1 Å². The van der Waals surface area contributed by atoms with Gasteiger partial charge in [-0.1, -0.05) is 0 Å². The fraction of sp³-hybridized carbons (Fsp3) is 0.524. The minimum atomic E-state index is -0.362. The molecule has 148 valence electrons. The fourth-order valence-electron chi connectivity index (χ4n) is 4.39. The van der Waals surface area contributed by atoms with Gasteiger partial charge in [-0.25, -0.2) is 9.97 Å². The molecule has 0 spiro atoms. The van der Waals surface area contributed by atoms with Gasteiger partial charge in [0.25, 0.3) is 0 Å². The summed E-state index contributed by atoms with van der Waals surface area (Å²) < 4.78 is 5.75. The number of hydrogen-bond donors (Lipinski definition) is 1. The summed E-state index contributed by atoms with van der Waals surface area (Å²) in [5.41, 5.74) is 2.54. The summed E-state index contributed by atoms with van der Waals surface area (Å²) in [6.45, 7) is 3.99. The Labute approximate surface area is 173 Å². The molecule has 5 rings (SSSR count). The Morgan fingerprint density at radius 2 is 2.21 bits per heavy atom. The Hall–Kier alpha value is -1.54. The molecule has 1 saturated heterocycles. The zero-order chi connectivity index (χ0) is 19.1. The van der Waals surface area contributed by atoms with E-state index in [0.29, 0.717) is 19.6 Å². The average Bonchev–Trinajstić information content (AvgIpc) is 3.35. The van der Waals surface area contributed by atoms with E-state index in [0.717, 1.165) is 41.4 Å². The number of hydrogen-bond acceptors (Lipinski definition) is 7. The summed E-state index contributed by atoms with van der Waals surface area (Å²) >= 11 is 3.52. The number of fused-ring (bicyclic) bond motifs is 3. The van der Waals surface area contributed by atoms with Gasteiger partial charge in [-0.2, -0.15) is 11.3 Å². The van der Waals surface area contributed by atoms with E-state index < -0.39 is 0 Å². The minimum absolute atomic E-state index is 0.140. The number of thiophene rings is 2. The van der Waals surface area contributed by atoms with Gasteiger partial charge in [0.15, 0.2) is 5.82 Å². The number of morpholine rings is 1. The van der Waals surface area contributed by atoms with Crippen molar-refractivity contribution in [3.05, 3.63) is 27.3 Å². The Bertz CT molecular complexity index is 968. The number of aliphatic hydroxyl groups is 1. The predicted octanol–water partition coefficient (Wildman–Crippen LogP) is 4.27. The molecule has 0 saturated carbocycles. The summed E-state index contributed by atoms with van der Waals surface area (Å²) in [7, 11) is 0. The third-order valence-electron chi connectivity index (χ3n) is 5.69. The third kappa shape index (κ3) is 3.34. The molecule has 1 N–H and O–H groups in total. The highest BCUT2D eigenvalue weighted by molar-refractivity contribution is 7.19. The molecule has 5 nitrogen and oxygen atoms in total. The summed E-state index contributed by atoms with van der Waals surface area (Å²) in [6, 6.07) is 2.23. The molecule has 2 atom stereocenters. The summed E-state index contributed by atoms with van der Waals surface area (Å²) in [5.74, 6) is 1.85. The van der Waals surface area contributed by atoms with Crippen LogP contribution in [-0.4, -0.2) is 47.0 Å². The maximum absolute atomic E-state index is 10.0. The lowest BCUT2D eigenvalue weighted by molar-refractivity contribution is 0.0719. The van der Waals surface area contributed by atoms with Crippen molar-refractivity contribution >= 4 is 38.7 Å². The maximum atomic E-state index is 10.0. The number of ether oxygens (including phenoxy) is 1. The molecule has 1 aliphatic carbocycles. The van der Waals surface area contributed by atoms with Gasteiger partial charge >= 0.3 is 0 Å². The van der Waals surface area contributed by atoms with Crippen LogP contribution in [0.25, 0.3) is 21.6 Å². The van der Waals surface area contributed by atoms with Crippen molar-refractivity contribution in [3.63, 3.8) is 0 Å². The molecule has 3 aromatic rings. The van der Waals surface area contributed by atoms with Crippen molar-refractivity contribution in [1.82, 2.24) is 9.97 Å². The van der Waals surface area contributed by atoms with Crippen LogP contribution in [0.5, 0.6) is 0 Å². The largest absolute Gasteiger partial charge is 0.393 e. The van der Waals surface area contributed by atoms with Gasteiger partial charge in [-0.3, -0.25) is 0 Å². The van der Waals surface area contributed by atoms with E-state index in [1.165, 1.54) is 28.7 Å². The van der Waals surface area contributed by atoms with Crippen molar-refractivity contribution in [3.8, 4) is 11.4 Å². The monoisotopic (exact) mass is 415 g/mol. The van der Waals surface area contributed by atoms with Crippen LogP contribution in [0.4, 0.5) is 5.82 Å². The zero-order valence-electron chi connectivity index (χ0n) is 16.1. The first kappa shape index (κ1) is 18.5. The third-order valence-corrected chi connectivity index (χ3v) is 7.56. The van der Waals surface area contributed by atoms with Gasteiger partial charge in [0, 0.05) is 22.4 Å². The van der Waals surface area contributed by atoms with E-state index in [1.807, 2.05) is 18.3 Å². The van der Waals surface area contributed by atoms with Crippen LogP contribution in [0.15, 0.2) is 16.8 Å². The topological polar surface area (TPSA) is 58.5 Å². The first-order chi connectivity index (χ1) is 13.7. The second kappa shape index (κ2) is 7.71. The number of aryl methyl sites for hydroxylation is 2. The number of aromatic nitrogens is 2. The molecule has 1 aliphatic heterocycles. The fourth-order valence-corrected chi connectivity index (χ4v) is 6.28. The lowest BCUT2D eigenvalue weighted by Crippen LogP contribution is -2.47. The maximum Gasteiger partial charge on any atom is 0.163 e. The van der Waals surface area contributed by atoms with E-state index >= 15 is 0 Å². The van der Waals surface area contributed by atoms with Crippen molar-refractivity contribution in [2.45, 2.75) is 51.2 Å². The van der Waals surface area contributed by atoms with Gasteiger partial charge in [-0.15, -0.1) is 11.3 Å². The van der Waals surface area contributed by atoms with Crippen LogP contribution >= 0.6 is 22.7 Å². The SMILES string of the molecule is CC(O)CC1COCCN1c1nc(-c2ccsc2)nc2sc3c(c12)CCCC3. The molecular formula is C21H25N3O2S2. The highest BCUT2D eigenvalue weighted by atomic mass is 32.1. The van der Waals surface area contributed by atoms with E-state index in [9.17, 15) is 5.11 Å². The molecule has 28 heavy (non-hydrogen) atoms. The quantitative estimate of drug-likeness (QED) is 0.689. The molecule has 4 heterocycles. The van der Waals surface area contributed by atoms with Gasteiger partial charge in [0.05, 0.1) is 30.7 Å². The van der Waals surface area contributed by atoms with Crippen molar-refractivity contribution in [1.29, 1.82) is 0 Å². The van der Waals surface area contributed by atoms with Gasteiger partial charge in [0.1, 0.15) is 10.6 Å². The second-order valence-corrected chi connectivity index (χ2v) is 9.64. The van der Waals surface area contributed by atoms with Crippen LogP contribution < -0.4 is 4.90 Å². The van der Waals surface area contributed by atoms with Crippen LogP contribution in [0.1, 0.15) is 36.6 Å². The first-order valence-electron chi connectivity index (χ1n) is 10.1.